The average molecular weight is 230 g/mol. The molecule has 0 fully saturated rings. The maximum absolute atomic E-state index is 5.04. The van der Waals surface area contributed by atoms with Crippen molar-refractivity contribution in [2.75, 3.05) is 53.5 Å². The van der Waals surface area contributed by atoms with E-state index in [-0.39, 0.29) is 0 Å². The van der Waals surface area contributed by atoms with Gasteiger partial charge in [0.1, 0.15) is 0 Å². The van der Waals surface area contributed by atoms with Gasteiger partial charge >= 0.3 is 0 Å². The Labute approximate surface area is 102 Å². The molecule has 0 aromatic carbocycles. The predicted molar refractivity (Wildman–Crippen MR) is 71.0 cm³/mol. The fourth-order valence-electron chi connectivity index (χ4n) is 1.77. The molecule has 0 aromatic heterocycles. The van der Waals surface area contributed by atoms with Crippen LogP contribution in [0.4, 0.5) is 0 Å². The van der Waals surface area contributed by atoms with Crippen LogP contribution in [0, 0.1) is 0 Å². The van der Waals surface area contributed by atoms with Gasteiger partial charge in [0.05, 0.1) is 0 Å². The summed E-state index contributed by atoms with van der Waals surface area (Å²) < 4.78 is 5.04. The minimum atomic E-state index is 0.906. The molecule has 0 aliphatic rings. The molecule has 98 valence electrons. The van der Waals surface area contributed by atoms with Crippen LogP contribution < -0.4 is 0 Å². The zero-order chi connectivity index (χ0) is 12.2. The molecule has 0 radical (unpaired) electrons. The smallest absolute Gasteiger partial charge is 0.0462 e. The Kier molecular flexibility index (Phi) is 11.3. The summed E-state index contributed by atoms with van der Waals surface area (Å²) in [6, 6.07) is 0. The summed E-state index contributed by atoms with van der Waals surface area (Å²) in [4.78, 5) is 4.91. The molecular weight excluding hydrogens is 200 g/mol. The molecule has 0 aliphatic carbocycles. The maximum atomic E-state index is 5.04. The van der Waals surface area contributed by atoms with Gasteiger partial charge in [-0.15, -0.1) is 0 Å². The molecule has 0 unspecified atom stereocenters. The van der Waals surface area contributed by atoms with Gasteiger partial charge in [0.15, 0.2) is 0 Å². The molecule has 3 heteroatoms. The standard InChI is InChI=1S/C13H30N2O/c1-5-15(6-2)12-11-14(3)10-8-7-9-13-16-4/h5-13H2,1-4H3. The van der Waals surface area contributed by atoms with Crippen molar-refractivity contribution >= 4 is 0 Å². The lowest BCUT2D eigenvalue weighted by Crippen LogP contribution is -2.33. The van der Waals surface area contributed by atoms with Crippen LogP contribution in [0.25, 0.3) is 0 Å². The summed E-state index contributed by atoms with van der Waals surface area (Å²) in [5.41, 5.74) is 0. The summed E-state index contributed by atoms with van der Waals surface area (Å²) in [7, 11) is 4.00. The zero-order valence-electron chi connectivity index (χ0n) is 11.7. The summed E-state index contributed by atoms with van der Waals surface area (Å²) in [5.74, 6) is 0. The molecular formula is C13H30N2O. The second-order valence-corrected chi connectivity index (χ2v) is 4.38. The molecule has 0 aromatic rings. The second kappa shape index (κ2) is 11.4. The molecule has 0 saturated carbocycles. The number of rotatable bonds is 11. The van der Waals surface area contributed by atoms with Crippen LogP contribution in [-0.2, 0) is 4.74 Å². The molecule has 0 heterocycles. The van der Waals surface area contributed by atoms with E-state index in [2.05, 4.69) is 30.7 Å². The van der Waals surface area contributed by atoms with Gasteiger partial charge in [-0.05, 0) is 45.9 Å². The van der Waals surface area contributed by atoms with E-state index in [0.717, 1.165) is 19.7 Å². The van der Waals surface area contributed by atoms with E-state index in [0.29, 0.717) is 0 Å². The lowest BCUT2D eigenvalue weighted by Gasteiger charge is -2.22. The number of ether oxygens (including phenoxy) is 1. The monoisotopic (exact) mass is 230 g/mol. The first-order chi connectivity index (χ1) is 7.74. The maximum Gasteiger partial charge on any atom is 0.0462 e. The van der Waals surface area contributed by atoms with Gasteiger partial charge < -0.3 is 14.5 Å². The SMILES string of the molecule is CCN(CC)CCN(C)CCCCCOC. The van der Waals surface area contributed by atoms with Crippen LogP contribution in [0.5, 0.6) is 0 Å². The number of likely N-dealkylation sites (N-methyl/N-ethyl adjacent to an activating group) is 2. The third-order valence-corrected chi connectivity index (χ3v) is 3.08. The molecule has 0 amide bonds. The topological polar surface area (TPSA) is 15.7 Å². The first kappa shape index (κ1) is 15.9. The van der Waals surface area contributed by atoms with Crippen molar-refractivity contribution in [2.45, 2.75) is 33.1 Å². The Morgan fingerprint density at radius 3 is 2.12 bits per heavy atom. The highest BCUT2D eigenvalue weighted by Crippen LogP contribution is 1.98. The highest BCUT2D eigenvalue weighted by Gasteiger charge is 2.02. The van der Waals surface area contributed by atoms with Gasteiger partial charge in [-0.1, -0.05) is 13.8 Å². The van der Waals surface area contributed by atoms with Crippen LogP contribution in [-0.4, -0.2) is 63.3 Å². The molecule has 0 saturated heterocycles. The second-order valence-electron chi connectivity index (χ2n) is 4.38. The Morgan fingerprint density at radius 2 is 1.56 bits per heavy atom. The third kappa shape index (κ3) is 9.13. The van der Waals surface area contributed by atoms with Crippen LogP contribution in [0.3, 0.4) is 0 Å². The van der Waals surface area contributed by atoms with Crippen molar-refractivity contribution in [3.63, 3.8) is 0 Å². The van der Waals surface area contributed by atoms with Crippen molar-refractivity contribution in [2.24, 2.45) is 0 Å². The molecule has 0 bridgehead atoms. The summed E-state index contributed by atoms with van der Waals surface area (Å²) in [6.45, 7) is 11.3. The Hall–Kier alpha value is -0.120. The molecule has 3 nitrogen and oxygen atoms in total. The molecule has 0 spiro atoms. The van der Waals surface area contributed by atoms with E-state index in [1.54, 1.807) is 7.11 Å². The first-order valence-electron chi connectivity index (χ1n) is 6.64. The lowest BCUT2D eigenvalue weighted by atomic mass is 10.2. The minimum Gasteiger partial charge on any atom is -0.385 e. The lowest BCUT2D eigenvalue weighted by molar-refractivity contribution is 0.189. The third-order valence-electron chi connectivity index (χ3n) is 3.08. The van der Waals surface area contributed by atoms with Gasteiger partial charge in [-0.3, -0.25) is 0 Å². The van der Waals surface area contributed by atoms with E-state index in [1.165, 1.54) is 38.9 Å². The molecule has 0 aliphatic heterocycles. The van der Waals surface area contributed by atoms with Crippen molar-refractivity contribution in [3.8, 4) is 0 Å². The summed E-state index contributed by atoms with van der Waals surface area (Å²) >= 11 is 0. The number of hydrogen-bond acceptors (Lipinski definition) is 3. The number of unbranched alkanes of at least 4 members (excludes halogenated alkanes) is 2. The van der Waals surface area contributed by atoms with Crippen molar-refractivity contribution in [3.05, 3.63) is 0 Å². The van der Waals surface area contributed by atoms with Crippen LogP contribution in [0.2, 0.25) is 0 Å². The Bertz CT molecular complexity index is 138. The number of methoxy groups -OCH3 is 1. The van der Waals surface area contributed by atoms with Gasteiger partial charge in [0, 0.05) is 26.8 Å². The van der Waals surface area contributed by atoms with Gasteiger partial charge in [0.2, 0.25) is 0 Å². The molecule has 0 N–H and O–H groups in total. The predicted octanol–water partition coefficient (Wildman–Crippen LogP) is 2.08. The first-order valence-corrected chi connectivity index (χ1v) is 6.64. The van der Waals surface area contributed by atoms with Gasteiger partial charge in [-0.2, -0.15) is 0 Å². The fraction of sp³-hybridized carbons (Fsp3) is 1.00. The minimum absolute atomic E-state index is 0.906. The van der Waals surface area contributed by atoms with E-state index in [9.17, 15) is 0 Å². The number of hydrogen-bond donors (Lipinski definition) is 0. The van der Waals surface area contributed by atoms with Crippen molar-refractivity contribution in [1.29, 1.82) is 0 Å². The summed E-state index contributed by atoms with van der Waals surface area (Å²) in [5, 5.41) is 0. The molecule has 0 rings (SSSR count). The molecule has 16 heavy (non-hydrogen) atoms. The van der Waals surface area contributed by atoms with Crippen LogP contribution in [0.15, 0.2) is 0 Å². The van der Waals surface area contributed by atoms with E-state index >= 15 is 0 Å². The normalized spacial score (nSPS) is 11.6. The largest absolute Gasteiger partial charge is 0.385 e. The highest BCUT2D eigenvalue weighted by atomic mass is 16.5. The van der Waals surface area contributed by atoms with Crippen molar-refractivity contribution in [1.82, 2.24) is 9.80 Å². The van der Waals surface area contributed by atoms with Gasteiger partial charge in [0.25, 0.3) is 0 Å². The number of nitrogens with zero attached hydrogens (tertiary/aromatic N) is 2. The van der Waals surface area contributed by atoms with E-state index in [1.807, 2.05) is 0 Å². The van der Waals surface area contributed by atoms with Crippen LogP contribution >= 0.6 is 0 Å². The zero-order valence-corrected chi connectivity index (χ0v) is 11.7. The summed E-state index contributed by atoms with van der Waals surface area (Å²) in [6.07, 6.45) is 3.77. The van der Waals surface area contributed by atoms with Crippen LogP contribution in [0.1, 0.15) is 33.1 Å². The Morgan fingerprint density at radius 1 is 0.875 bits per heavy atom. The van der Waals surface area contributed by atoms with Gasteiger partial charge in [-0.25, -0.2) is 0 Å². The molecule has 0 atom stereocenters. The average Bonchev–Trinajstić information content (AvgIpc) is 2.30. The van der Waals surface area contributed by atoms with E-state index < -0.39 is 0 Å². The fourth-order valence-corrected chi connectivity index (χ4v) is 1.77. The Balaban J connectivity index is 3.33. The quantitative estimate of drug-likeness (QED) is 0.505. The van der Waals surface area contributed by atoms with E-state index in [4.69, 9.17) is 4.74 Å². The highest BCUT2D eigenvalue weighted by molar-refractivity contribution is 4.58. The van der Waals surface area contributed by atoms with Crippen molar-refractivity contribution < 1.29 is 4.74 Å².